The van der Waals surface area contributed by atoms with Crippen LogP contribution in [0.15, 0.2) is 70.6 Å². The van der Waals surface area contributed by atoms with Crippen LogP contribution in [0, 0.1) is 13.8 Å². The number of hydrogen-bond acceptors (Lipinski definition) is 4. The van der Waals surface area contributed by atoms with Crippen LogP contribution in [0.3, 0.4) is 0 Å². The van der Waals surface area contributed by atoms with Gasteiger partial charge in [0.2, 0.25) is 0 Å². The van der Waals surface area contributed by atoms with Crippen molar-refractivity contribution in [1.29, 1.82) is 0 Å². The molecule has 0 amide bonds. The highest BCUT2D eigenvalue weighted by molar-refractivity contribution is 7.98. The summed E-state index contributed by atoms with van der Waals surface area (Å²) in [6.07, 6.45) is 1.95. The maximum atomic E-state index is 13.5. The van der Waals surface area contributed by atoms with Crippen molar-refractivity contribution in [1.82, 2.24) is 14.5 Å². The normalized spacial score (nSPS) is 11.1. The van der Waals surface area contributed by atoms with Crippen LogP contribution in [-0.4, -0.2) is 20.8 Å². The molecule has 0 aliphatic rings. The Morgan fingerprint density at radius 1 is 0.964 bits per heavy atom. The molecule has 0 aliphatic carbocycles. The SMILES string of the molecule is CSc1nc(C)c2cc(-c3ccccc3)c(=O)n(Cc3ccc(C)cc3)c2n1. The van der Waals surface area contributed by atoms with Crippen LogP contribution in [0.5, 0.6) is 0 Å². The Labute approximate surface area is 168 Å². The molecule has 0 atom stereocenters. The van der Waals surface area contributed by atoms with Gasteiger partial charge in [0.15, 0.2) is 5.16 Å². The number of thioether (sulfide) groups is 1. The van der Waals surface area contributed by atoms with Crippen LogP contribution in [0.25, 0.3) is 22.2 Å². The molecule has 0 radical (unpaired) electrons. The second-order valence-electron chi connectivity index (χ2n) is 6.83. The molecule has 4 nitrogen and oxygen atoms in total. The molecule has 0 spiro atoms. The Hall–Kier alpha value is -2.92. The van der Waals surface area contributed by atoms with Gasteiger partial charge in [-0.05, 0) is 37.3 Å². The summed E-state index contributed by atoms with van der Waals surface area (Å²) in [5.74, 6) is 0. The van der Waals surface area contributed by atoms with Crippen LogP contribution in [0.4, 0.5) is 0 Å². The van der Waals surface area contributed by atoms with Gasteiger partial charge in [0.05, 0.1) is 12.2 Å². The van der Waals surface area contributed by atoms with E-state index in [1.807, 2.05) is 49.6 Å². The molecule has 0 saturated heterocycles. The fraction of sp³-hybridized carbons (Fsp3) is 0.174. The van der Waals surface area contributed by atoms with Crippen molar-refractivity contribution in [3.8, 4) is 11.1 Å². The number of aryl methyl sites for hydroxylation is 2. The van der Waals surface area contributed by atoms with Gasteiger partial charge in [-0.1, -0.05) is 71.9 Å². The number of hydrogen-bond donors (Lipinski definition) is 0. The van der Waals surface area contributed by atoms with Crippen LogP contribution >= 0.6 is 11.8 Å². The average molecular weight is 388 g/mol. The topological polar surface area (TPSA) is 47.8 Å². The smallest absolute Gasteiger partial charge is 0.260 e. The highest BCUT2D eigenvalue weighted by atomic mass is 32.2. The zero-order chi connectivity index (χ0) is 19.7. The summed E-state index contributed by atoms with van der Waals surface area (Å²) < 4.78 is 1.77. The predicted molar refractivity (Wildman–Crippen MR) is 116 cm³/mol. The minimum atomic E-state index is -0.0376. The zero-order valence-electron chi connectivity index (χ0n) is 16.1. The van der Waals surface area contributed by atoms with Crippen molar-refractivity contribution in [2.75, 3.05) is 6.26 Å². The molecule has 28 heavy (non-hydrogen) atoms. The molecule has 2 heterocycles. The van der Waals surface area contributed by atoms with Gasteiger partial charge in [-0.3, -0.25) is 9.36 Å². The second-order valence-corrected chi connectivity index (χ2v) is 7.61. The standard InChI is InChI=1S/C23H21N3OS/c1-15-9-11-17(12-10-15)14-26-21-19(16(2)24-23(25-21)28-3)13-20(22(26)27)18-7-5-4-6-8-18/h4-13H,14H2,1-3H3. The number of rotatable bonds is 4. The van der Waals surface area contributed by atoms with Crippen molar-refractivity contribution in [2.45, 2.75) is 25.5 Å². The van der Waals surface area contributed by atoms with E-state index in [0.717, 1.165) is 22.2 Å². The van der Waals surface area contributed by atoms with Gasteiger partial charge >= 0.3 is 0 Å². The Morgan fingerprint density at radius 3 is 2.36 bits per heavy atom. The lowest BCUT2D eigenvalue weighted by Gasteiger charge is -2.14. The van der Waals surface area contributed by atoms with Crippen LogP contribution in [0.1, 0.15) is 16.8 Å². The highest BCUT2D eigenvalue weighted by Gasteiger charge is 2.15. The number of fused-ring (bicyclic) bond motifs is 1. The fourth-order valence-corrected chi connectivity index (χ4v) is 3.71. The van der Waals surface area contributed by atoms with Gasteiger partial charge in [-0.25, -0.2) is 9.97 Å². The van der Waals surface area contributed by atoms with Crippen molar-refractivity contribution >= 4 is 22.8 Å². The Bertz CT molecular complexity index is 1200. The first-order valence-electron chi connectivity index (χ1n) is 9.14. The summed E-state index contributed by atoms with van der Waals surface area (Å²) in [5, 5.41) is 1.58. The van der Waals surface area contributed by atoms with Crippen molar-refractivity contribution < 1.29 is 0 Å². The molecule has 0 aliphatic heterocycles. The van der Waals surface area contributed by atoms with Gasteiger partial charge in [0.25, 0.3) is 5.56 Å². The quantitative estimate of drug-likeness (QED) is 0.371. The van der Waals surface area contributed by atoms with E-state index in [4.69, 9.17) is 0 Å². The molecular weight excluding hydrogens is 366 g/mol. The molecule has 140 valence electrons. The number of benzene rings is 2. The first-order valence-corrected chi connectivity index (χ1v) is 10.4. The average Bonchev–Trinajstić information content (AvgIpc) is 2.72. The Kier molecular flexibility index (Phi) is 5.01. The predicted octanol–water partition coefficient (Wildman–Crippen LogP) is 4.85. The van der Waals surface area contributed by atoms with E-state index in [2.05, 4.69) is 41.2 Å². The summed E-state index contributed by atoms with van der Waals surface area (Å²) >= 11 is 1.48. The third-order valence-corrected chi connectivity index (χ3v) is 5.39. The molecule has 4 rings (SSSR count). The molecule has 0 unspecified atom stereocenters. The van der Waals surface area contributed by atoms with Gasteiger partial charge in [-0.15, -0.1) is 0 Å². The summed E-state index contributed by atoms with van der Waals surface area (Å²) in [6, 6.07) is 20.0. The molecule has 5 heteroatoms. The zero-order valence-corrected chi connectivity index (χ0v) is 17.0. The molecule has 4 aromatic rings. The van der Waals surface area contributed by atoms with Gasteiger partial charge in [0, 0.05) is 10.9 Å². The van der Waals surface area contributed by atoms with Crippen molar-refractivity contribution in [2.24, 2.45) is 0 Å². The number of pyridine rings is 1. The molecular formula is C23H21N3OS. The van der Waals surface area contributed by atoms with Crippen LogP contribution in [0.2, 0.25) is 0 Å². The van der Waals surface area contributed by atoms with E-state index in [1.165, 1.54) is 17.3 Å². The fourth-order valence-electron chi connectivity index (χ4n) is 3.30. The Balaban J connectivity index is 2.01. The van der Waals surface area contributed by atoms with E-state index in [9.17, 15) is 4.79 Å². The van der Waals surface area contributed by atoms with Crippen LogP contribution in [-0.2, 0) is 6.54 Å². The second kappa shape index (κ2) is 7.60. The van der Waals surface area contributed by atoms with Gasteiger partial charge < -0.3 is 0 Å². The minimum absolute atomic E-state index is 0.0376. The number of nitrogens with zero attached hydrogens (tertiary/aromatic N) is 3. The van der Waals surface area contributed by atoms with E-state index in [1.54, 1.807) is 4.57 Å². The lowest BCUT2D eigenvalue weighted by molar-refractivity contribution is 0.771. The summed E-state index contributed by atoms with van der Waals surface area (Å²) in [7, 11) is 0. The summed E-state index contributed by atoms with van der Waals surface area (Å²) in [6.45, 7) is 4.50. The minimum Gasteiger partial charge on any atom is -0.288 e. The van der Waals surface area contributed by atoms with E-state index in [-0.39, 0.29) is 5.56 Å². The van der Waals surface area contributed by atoms with E-state index < -0.39 is 0 Å². The third kappa shape index (κ3) is 3.45. The van der Waals surface area contributed by atoms with Crippen LogP contribution < -0.4 is 5.56 Å². The third-order valence-electron chi connectivity index (χ3n) is 4.84. The number of aromatic nitrogens is 3. The molecule has 2 aromatic heterocycles. The first-order chi connectivity index (χ1) is 13.6. The largest absolute Gasteiger partial charge is 0.288 e. The molecule has 0 saturated carbocycles. The van der Waals surface area contributed by atoms with E-state index in [0.29, 0.717) is 22.9 Å². The molecule has 2 aromatic carbocycles. The highest BCUT2D eigenvalue weighted by Crippen LogP contribution is 2.24. The summed E-state index contributed by atoms with van der Waals surface area (Å²) in [5.41, 5.74) is 5.36. The van der Waals surface area contributed by atoms with Gasteiger partial charge in [-0.2, -0.15) is 0 Å². The molecule has 0 fully saturated rings. The maximum Gasteiger partial charge on any atom is 0.260 e. The summed E-state index contributed by atoms with van der Waals surface area (Å²) in [4.78, 5) is 22.7. The lowest BCUT2D eigenvalue weighted by Crippen LogP contribution is -2.24. The van der Waals surface area contributed by atoms with Crippen molar-refractivity contribution in [3.63, 3.8) is 0 Å². The molecule has 0 bridgehead atoms. The first kappa shape index (κ1) is 18.4. The maximum absolute atomic E-state index is 13.5. The van der Waals surface area contributed by atoms with E-state index >= 15 is 0 Å². The Morgan fingerprint density at radius 2 is 1.68 bits per heavy atom. The van der Waals surface area contributed by atoms with Gasteiger partial charge in [0.1, 0.15) is 5.65 Å². The monoisotopic (exact) mass is 387 g/mol. The molecule has 0 N–H and O–H groups in total. The lowest BCUT2D eigenvalue weighted by atomic mass is 10.0. The van der Waals surface area contributed by atoms with Crippen molar-refractivity contribution in [3.05, 3.63) is 87.8 Å².